The molecule has 8 nitrogen and oxygen atoms in total. The van der Waals surface area contributed by atoms with Gasteiger partial charge in [0, 0.05) is 36.2 Å². The van der Waals surface area contributed by atoms with Crippen LogP contribution in [0.5, 0.6) is 17.2 Å². The van der Waals surface area contributed by atoms with Gasteiger partial charge in [-0.05, 0) is 37.3 Å². The molecule has 1 saturated heterocycles. The number of methoxy groups -OCH3 is 3. The molecule has 1 aliphatic heterocycles. The monoisotopic (exact) mass is 424 g/mol. The number of carbonyl (C=O) groups is 1. The number of rotatable bonds is 7. The Hall–Kier alpha value is -3.23. The van der Waals surface area contributed by atoms with Gasteiger partial charge >= 0.3 is 0 Å². The number of carbonyl (C=O) groups excluding carboxylic acids is 1. The molecule has 2 atom stereocenters. The van der Waals surface area contributed by atoms with Crippen molar-refractivity contribution in [1.82, 2.24) is 20.7 Å². The Bertz CT molecular complexity index is 1090. The molecule has 2 aromatic carbocycles. The third-order valence-corrected chi connectivity index (χ3v) is 5.68. The lowest BCUT2D eigenvalue weighted by Crippen LogP contribution is -2.44. The molecule has 8 heteroatoms. The van der Waals surface area contributed by atoms with Crippen LogP contribution in [0.3, 0.4) is 0 Å². The average Bonchev–Trinajstić information content (AvgIpc) is 3.41. The second-order valence-corrected chi connectivity index (χ2v) is 7.41. The highest BCUT2D eigenvalue weighted by Gasteiger charge is 2.29. The van der Waals surface area contributed by atoms with Crippen molar-refractivity contribution in [2.45, 2.75) is 32.1 Å². The summed E-state index contributed by atoms with van der Waals surface area (Å²) in [5.41, 5.74) is 9.28. The summed E-state index contributed by atoms with van der Waals surface area (Å²) in [5, 5.41) is 4.20. The summed E-state index contributed by atoms with van der Waals surface area (Å²) in [6.45, 7) is 2.96. The van der Waals surface area contributed by atoms with Crippen LogP contribution in [0.15, 0.2) is 42.5 Å². The second kappa shape index (κ2) is 8.87. The lowest BCUT2D eigenvalue weighted by molar-refractivity contribution is 0.0929. The molecule has 2 heterocycles. The first-order valence-electron chi connectivity index (χ1n) is 10.3. The number of nitrogens with zero attached hydrogens (tertiary/aromatic N) is 1. The van der Waals surface area contributed by atoms with E-state index in [0.717, 1.165) is 28.9 Å². The third kappa shape index (κ3) is 4.04. The highest BCUT2D eigenvalue weighted by Crippen LogP contribution is 2.31. The predicted octanol–water partition coefficient (Wildman–Crippen LogP) is 2.98. The van der Waals surface area contributed by atoms with Gasteiger partial charge in [0.1, 0.15) is 17.2 Å². The maximum absolute atomic E-state index is 12.8. The van der Waals surface area contributed by atoms with E-state index >= 15 is 0 Å². The molecular weight excluding hydrogens is 396 g/mol. The first-order chi connectivity index (χ1) is 15.1. The van der Waals surface area contributed by atoms with Crippen LogP contribution in [0, 0.1) is 0 Å². The molecular formula is C23H28N4O4. The first-order valence-corrected chi connectivity index (χ1v) is 10.3. The number of ether oxygens (including phenoxy) is 3. The highest BCUT2D eigenvalue weighted by molar-refractivity contribution is 5.97. The number of hydrogen-bond acceptors (Lipinski definition) is 6. The molecule has 0 spiro atoms. The van der Waals surface area contributed by atoms with Gasteiger partial charge < -0.3 is 24.1 Å². The lowest BCUT2D eigenvalue weighted by atomic mass is 10.1. The fraction of sp³-hybridized carbons (Fsp3) is 0.348. The Balaban J connectivity index is 1.51. The Kier molecular flexibility index (Phi) is 6.01. The molecule has 1 aliphatic rings. The minimum atomic E-state index is -0.220. The molecule has 2 unspecified atom stereocenters. The highest BCUT2D eigenvalue weighted by atomic mass is 16.5. The van der Waals surface area contributed by atoms with Gasteiger partial charge in [0.05, 0.1) is 44.6 Å². The molecule has 0 bridgehead atoms. The Morgan fingerprint density at radius 3 is 2.48 bits per heavy atom. The Labute approximate surface area is 181 Å². The van der Waals surface area contributed by atoms with Crippen LogP contribution in [-0.4, -0.2) is 38.0 Å². The fourth-order valence-electron chi connectivity index (χ4n) is 4.09. The second-order valence-electron chi connectivity index (χ2n) is 7.41. The van der Waals surface area contributed by atoms with Gasteiger partial charge in [-0.3, -0.25) is 4.79 Å². The van der Waals surface area contributed by atoms with Gasteiger partial charge in [-0.15, -0.1) is 0 Å². The van der Waals surface area contributed by atoms with Gasteiger partial charge in [0.15, 0.2) is 0 Å². The number of nitrogens with one attached hydrogen (secondary N) is 3. The maximum Gasteiger partial charge on any atom is 0.256 e. The number of amides is 1. The summed E-state index contributed by atoms with van der Waals surface area (Å²) < 4.78 is 18.2. The number of hydrogen-bond donors (Lipinski definition) is 3. The largest absolute Gasteiger partial charge is 0.497 e. The summed E-state index contributed by atoms with van der Waals surface area (Å²) in [7, 11) is 4.79. The van der Waals surface area contributed by atoms with Gasteiger partial charge in [0.25, 0.3) is 5.91 Å². The zero-order valence-electron chi connectivity index (χ0n) is 18.2. The van der Waals surface area contributed by atoms with Crippen LogP contribution in [0.2, 0.25) is 0 Å². The summed E-state index contributed by atoms with van der Waals surface area (Å²) in [4.78, 5) is 12.8. The van der Waals surface area contributed by atoms with Crippen molar-refractivity contribution in [1.29, 1.82) is 0 Å². The van der Waals surface area contributed by atoms with Gasteiger partial charge in [-0.1, -0.05) is 0 Å². The van der Waals surface area contributed by atoms with E-state index < -0.39 is 0 Å². The molecule has 3 aromatic rings. The van der Waals surface area contributed by atoms with E-state index in [4.69, 9.17) is 14.2 Å². The fourth-order valence-corrected chi connectivity index (χ4v) is 4.09. The van der Waals surface area contributed by atoms with Crippen molar-refractivity contribution in [2.75, 3.05) is 21.3 Å². The summed E-state index contributed by atoms with van der Waals surface area (Å²) in [6.07, 6.45) is 0.486. The van der Waals surface area contributed by atoms with Gasteiger partial charge in [0.2, 0.25) is 0 Å². The standard InChI is InChI=1S/C23H28N4O4/c1-5-27-19-11-15(29-2)7-6-14(19)10-20(27)18-13-22(26-25-18)24-23(28)17-9-8-16(30-3)12-21(17)31-4/h6-12,18,22,25-26H,5,13H2,1-4H3,(H,24,28). The van der Waals surface area contributed by atoms with Crippen LogP contribution in [0.25, 0.3) is 10.9 Å². The number of aromatic nitrogens is 1. The topological polar surface area (TPSA) is 85.8 Å². The number of fused-ring (bicyclic) bond motifs is 1. The van der Waals surface area contributed by atoms with Crippen LogP contribution < -0.4 is 30.4 Å². The smallest absolute Gasteiger partial charge is 0.256 e. The normalized spacial score (nSPS) is 18.2. The summed E-state index contributed by atoms with van der Waals surface area (Å²) in [5.74, 6) is 1.74. The van der Waals surface area contributed by atoms with Gasteiger partial charge in [-0.2, -0.15) is 0 Å². The van der Waals surface area contributed by atoms with E-state index in [-0.39, 0.29) is 18.1 Å². The van der Waals surface area contributed by atoms with Crippen LogP contribution in [0.1, 0.15) is 35.4 Å². The third-order valence-electron chi connectivity index (χ3n) is 5.68. The molecule has 3 N–H and O–H groups in total. The van der Waals surface area contributed by atoms with Crippen molar-refractivity contribution >= 4 is 16.8 Å². The quantitative estimate of drug-likeness (QED) is 0.541. The van der Waals surface area contributed by atoms with Crippen LogP contribution >= 0.6 is 0 Å². The number of benzene rings is 2. The van der Waals surface area contributed by atoms with E-state index in [0.29, 0.717) is 23.5 Å². The first kappa shape index (κ1) is 21.0. The molecule has 0 radical (unpaired) electrons. The number of aryl methyl sites for hydroxylation is 1. The van der Waals surface area contributed by atoms with Crippen molar-refractivity contribution in [3.63, 3.8) is 0 Å². The molecule has 1 fully saturated rings. The minimum absolute atomic E-state index is 0.0569. The molecule has 164 valence electrons. The van der Waals surface area contributed by atoms with E-state index in [9.17, 15) is 4.79 Å². The molecule has 4 rings (SSSR count). The molecule has 1 aromatic heterocycles. The number of hydrazine groups is 1. The van der Waals surface area contributed by atoms with E-state index in [1.54, 1.807) is 32.4 Å². The van der Waals surface area contributed by atoms with E-state index in [2.05, 4.69) is 45.9 Å². The minimum Gasteiger partial charge on any atom is -0.497 e. The average molecular weight is 425 g/mol. The molecule has 0 saturated carbocycles. The lowest BCUT2D eigenvalue weighted by Gasteiger charge is -2.15. The molecule has 31 heavy (non-hydrogen) atoms. The molecule has 1 amide bonds. The van der Waals surface area contributed by atoms with Crippen LogP contribution in [-0.2, 0) is 6.54 Å². The SMILES string of the molecule is CCn1c(C2CC(NC(=O)c3ccc(OC)cc3OC)NN2)cc2ccc(OC)cc21. The van der Waals surface area contributed by atoms with Crippen LogP contribution in [0.4, 0.5) is 0 Å². The Morgan fingerprint density at radius 2 is 1.77 bits per heavy atom. The van der Waals surface area contributed by atoms with Crippen molar-refractivity contribution in [2.24, 2.45) is 0 Å². The van der Waals surface area contributed by atoms with Crippen molar-refractivity contribution < 1.29 is 19.0 Å². The summed E-state index contributed by atoms with van der Waals surface area (Å²) in [6, 6.07) is 13.5. The maximum atomic E-state index is 12.8. The van der Waals surface area contributed by atoms with Crippen molar-refractivity contribution in [3.05, 3.63) is 53.7 Å². The van der Waals surface area contributed by atoms with E-state index in [1.807, 2.05) is 6.07 Å². The van der Waals surface area contributed by atoms with Gasteiger partial charge in [-0.25, -0.2) is 10.9 Å². The summed E-state index contributed by atoms with van der Waals surface area (Å²) >= 11 is 0. The van der Waals surface area contributed by atoms with E-state index in [1.165, 1.54) is 7.11 Å². The molecule has 0 aliphatic carbocycles. The zero-order valence-corrected chi connectivity index (χ0v) is 18.2. The Morgan fingerprint density at radius 1 is 1.03 bits per heavy atom. The zero-order chi connectivity index (χ0) is 22.0. The predicted molar refractivity (Wildman–Crippen MR) is 119 cm³/mol. The van der Waals surface area contributed by atoms with Crippen molar-refractivity contribution in [3.8, 4) is 17.2 Å².